The molecule has 5 heteroatoms. The molecule has 0 bridgehead atoms. The number of fused-ring (bicyclic) bond motifs is 1. The summed E-state index contributed by atoms with van der Waals surface area (Å²) in [6, 6.07) is 4.05. The van der Waals surface area contributed by atoms with Crippen molar-refractivity contribution in [2.24, 2.45) is 5.92 Å². The summed E-state index contributed by atoms with van der Waals surface area (Å²) in [5.74, 6) is 1.84. The van der Waals surface area contributed by atoms with Gasteiger partial charge < -0.3 is 10.0 Å². The second-order valence-electron chi connectivity index (χ2n) is 5.68. The van der Waals surface area contributed by atoms with Gasteiger partial charge in [-0.3, -0.25) is 4.40 Å². The zero-order valence-electron chi connectivity index (χ0n) is 11.5. The predicted molar refractivity (Wildman–Crippen MR) is 73.2 cm³/mol. The lowest BCUT2D eigenvalue weighted by molar-refractivity contribution is 0.264. The van der Waals surface area contributed by atoms with Crippen LogP contribution in [0.5, 0.6) is 5.75 Å². The Labute approximate surface area is 112 Å². The first-order chi connectivity index (χ1) is 9.13. The molecule has 0 aliphatic carbocycles. The summed E-state index contributed by atoms with van der Waals surface area (Å²) in [7, 11) is 0. The normalized spacial score (nSPS) is 20.7. The van der Waals surface area contributed by atoms with Crippen molar-refractivity contribution in [2.75, 3.05) is 13.1 Å². The summed E-state index contributed by atoms with van der Waals surface area (Å²) in [6.07, 6.45) is 3.83. The minimum Gasteiger partial charge on any atom is -0.506 e. The minimum atomic E-state index is 0.253. The average molecular weight is 260 g/mol. The summed E-state index contributed by atoms with van der Waals surface area (Å²) in [5, 5.41) is 18.0. The third kappa shape index (κ3) is 2.42. The molecule has 1 saturated heterocycles. The van der Waals surface area contributed by atoms with Crippen LogP contribution in [-0.4, -0.2) is 43.7 Å². The Hall–Kier alpha value is -1.62. The van der Waals surface area contributed by atoms with Gasteiger partial charge in [0.15, 0.2) is 5.65 Å². The van der Waals surface area contributed by atoms with E-state index in [-0.39, 0.29) is 5.75 Å². The fraction of sp³-hybridized carbons (Fsp3) is 0.571. The number of aromatic nitrogens is 3. The molecule has 0 saturated carbocycles. The quantitative estimate of drug-likeness (QED) is 0.912. The highest BCUT2D eigenvalue weighted by Gasteiger charge is 2.25. The average Bonchev–Trinajstić information content (AvgIpc) is 2.98. The van der Waals surface area contributed by atoms with Crippen molar-refractivity contribution in [1.82, 2.24) is 19.5 Å². The van der Waals surface area contributed by atoms with Gasteiger partial charge in [0, 0.05) is 19.0 Å². The molecule has 0 amide bonds. The number of aromatic hydroxyl groups is 1. The first-order valence-electron chi connectivity index (χ1n) is 6.90. The van der Waals surface area contributed by atoms with Crippen molar-refractivity contribution in [3.05, 3.63) is 24.2 Å². The molecule has 1 fully saturated rings. The zero-order valence-corrected chi connectivity index (χ0v) is 11.5. The lowest BCUT2D eigenvalue weighted by Crippen LogP contribution is -2.28. The number of pyridine rings is 1. The van der Waals surface area contributed by atoms with Crippen LogP contribution >= 0.6 is 0 Å². The third-order valence-corrected chi connectivity index (χ3v) is 3.98. The molecule has 1 unspecified atom stereocenters. The Balaban J connectivity index is 1.77. The van der Waals surface area contributed by atoms with E-state index in [9.17, 15) is 5.11 Å². The highest BCUT2D eigenvalue weighted by atomic mass is 16.3. The monoisotopic (exact) mass is 260 g/mol. The maximum atomic E-state index is 9.56. The first-order valence-corrected chi connectivity index (χ1v) is 6.90. The Morgan fingerprint density at radius 3 is 2.95 bits per heavy atom. The molecule has 1 atom stereocenters. The molecule has 2 aromatic heterocycles. The molecular formula is C14H20N4O. The SMILES string of the molecule is CC(C)N1CCC(Cc2nnc3ccc(O)cn23)C1. The van der Waals surface area contributed by atoms with Gasteiger partial charge in [-0.1, -0.05) is 0 Å². The zero-order chi connectivity index (χ0) is 13.4. The standard InChI is InChI=1S/C14H20N4O/c1-10(2)17-6-5-11(8-17)7-14-16-15-13-4-3-12(19)9-18(13)14/h3-4,9-11,19H,5-8H2,1-2H3. The van der Waals surface area contributed by atoms with E-state index in [2.05, 4.69) is 28.9 Å². The molecule has 0 aromatic carbocycles. The van der Waals surface area contributed by atoms with Crippen molar-refractivity contribution in [2.45, 2.75) is 32.7 Å². The van der Waals surface area contributed by atoms with E-state index in [1.807, 2.05) is 4.40 Å². The van der Waals surface area contributed by atoms with Crippen LogP contribution in [0.1, 0.15) is 26.1 Å². The van der Waals surface area contributed by atoms with Gasteiger partial charge >= 0.3 is 0 Å². The van der Waals surface area contributed by atoms with Crippen LogP contribution in [0.2, 0.25) is 0 Å². The summed E-state index contributed by atoms with van der Waals surface area (Å²) < 4.78 is 1.90. The smallest absolute Gasteiger partial charge is 0.161 e. The van der Waals surface area contributed by atoms with Crippen LogP contribution < -0.4 is 0 Å². The number of rotatable bonds is 3. The molecule has 102 valence electrons. The Morgan fingerprint density at radius 2 is 2.21 bits per heavy atom. The van der Waals surface area contributed by atoms with Crippen LogP contribution in [0.25, 0.3) is 5.65 Å². The van der Waals surface area contributed by atoms with Gasteiger partial charge in [0.2, 0.25) is 0 Å². The Morgan fingerprint density at radius 1 is 1.37 bits per heavy atom. The van der Waals surface area contributed by atoms with E-state index < -0.39 is 0 Å². The number of hydrogen-bond acceptors (Lipinski definition) is 4. The van der Waals surface area contributed by atoms with Crippen molar-refractivity contribution in [3.63, 3.8) is 0 Å². The highest BCUT2D eigenvalue weighted by molar-refractivity contribution is 5.41. The van der Waals surface area contributed by atoms with E-state index in [0.29, 0.717) is 12.0 Å². The molecule has 19 heavy (non-hydrogen) atoms. The number of likely N-dealkylation sites (tertiary alicyclic amines) is 1. The van der Waals surface area contributed by atoms with Crippen LogP contribution in [0.15, 0.2) is 18.3 Å². The van der Waals surface area contributed by atoms with Crippen molar-refractivity contribution in [1.29, 1.82) is 0 Å². The van der Waals surface area contributed by atoms with E-state index in [4.69, 9.17) is 0 Å². The molecular weight excluding hydrogens is 240 g/mol. The third-order valence-electron chi connectivity index (χ3n) is 3.98. The van der Waals surface area contributed by atoms with Gasteiger partial charge in [0.05, 0.1) is 6.20 Å². The molecule has 1 aliphatic heterocycles. The van der Waals surface area contributed by atoms with E-state index in [1.165, 1.54) is 13.0 Å². The van der Waals surface area contributed by atoms with Gasteiger partial charge in [-0.15, -0.1) is 10.2 Å². The predicted octanol–water partition coefficient (Wildman–Crippen LogP) is 1.71. The summed E-state index contributed by atoms with van der Waals surface area (Å²) in [6.45, 7) is 6.79. The lowest BCUT2D eigenvalue weighted by atomic mass is 10.0. The Kier molecular flexibility index (Phi) is 3.14. The molecule has 0 radical (unpaired) electrons. The van der Waals surface area contributed by atoms with Crippen molar-refractivity contribution >= 4 is 5.65 Å². The summed E-state index contributed by atoms with van der Waals surface area (Å²) >= 11 is 0. The number of hydrogen-bond donors (Lipinski definition) is 1. The van der Waals surface area contributed by atoms with Gasteiger partial charge in [-0.25, -0.2) is 0 Å². The molecule has 2 aromatic rings. The second-order valence-corrected chi connectivity index (χ2v) is 5.68. The Bertz CT molecular complexity index is 578. The maximum Gasteiger partial charge on any atom is 0.161 e. The molecule has 1 N–H and O–H groups in total. The second kappa shape index (κ2) is 4.81. The molecule has 1 aliphatic rings. The van der Waals surface area contributed by atoms with Gasteiger partial charge in [-0.2, -0.15) is 0 Å². The molecule has 5 nitrogen and oxygen atoms in total. The van der Waals surface area contributed by atoms with E-state index in [1.54, 1.807) is 18.3 Å². The van der Waals surface area contributed by atoms with Gasteiger partial charge in [-0.05, 0) is 44.9 Å². The van der Waals surface area contributed by atoms with Crippen LogP contribution in [0.3, 0.4) is 0 Å². The maximum absolute atomic E-state index is 9.56. The van der Waals surface area contributed by atoms with Crippen LogP contribution in [0.4, 0.5) is 0 Å². The van der Waals surface area contributed by atoms with Crippen molar-refractivity contribution < 1.29 is 5.11 Å². The lowest BCUT2D eigenvalue weighted by Gasteiger charge is -2.20. The highest BCUT2D eigenvalue weighted by Crippen LogP contribution is 2.22. The fourth-order valence-electron chi connectivity index (χ4n) is 2.82. The van der Waals surface area contributed by atoms with Crippen LogP contribution in [-0.2, 0) is 6.42 Å². The minimum absolute atomic E-state index is 0.253. The summed E-state index contributed by atoms with van der Waals surface area (Å²) in [5.41, 5.74) is 0.798. The molecule has 0 spiro atoms. The molecule has 3 rings (SSSR count). The van der Waals surface area contributed by atoms with Crippen molar-refractivity contribution in [3.8, 4) is 5.75 Å². The fourth-order valence-corrected chi connectivity index (χ4v) is 2.82. The number of nitrogens with zero attached hydrogens (tertiary/aromatic N) is 4. The van der Waals surface area contributed by atoms with E-state index in [0.717, 1.165) is 24.4 Å². The van der Waals surface area contributed by atoms with Gasteiger partial charge in [0.1, 0.15) is 11.6 Å². The first kappa shape index (κ1) is 12.4. The van der Waals surface area contributed by atoms with E-state index >= 15 is 0 Å². The van der Waals surface area contributed by atoms with Crippen LogP contribution in [0, 0.1) is 5.92 Å². The topological polar surface area (TPSA) is 53.7 Å². The molecule has 3 heterocycles. The summed E-state index contributed by atoms with van der Waals surface area (Å²) in [4.78, 5) is 2.51. The van der Waals surface area contributed by atoms with Gasteiger partial charge in [0.25, 0.3) is 0 Å². The largest absolute Gasteiger partial charge is 0.506 e.